The zero-order chi connectivity index (χ0) is 18.0. The molecular weight excluding hydrogens is 360 g/mol. The molecule has 3 rings (SSSR count). The fourth-order valence-electron chi connectivity index (χ4n) is 2.65. The van der Waals surface area contributed by atoms with E-state index in [1.54, 1.807) is 0 Å². The molecule has 130 valence electrons. The van der Waals surface area contributed by atoms with Gasteiger partial charge >= 0.3 is 0 Å². The van der Waals surface area contributed by atoms with Crippen molar-refractivity contribution in [2.45, 2.75) is 11.3 Å². The minimum Gasteiger partial charge on any atom is -0.361 e. The number of aromatic nitrogens is 1. The van der Waals surface area contributed by atoms with Crippen molar-refractivity contribution in [2.24, 2.45) is 0 Å². The van der Waals surface area contributed by atoms with Crippen LogP contribution in [0.3, 0.4) is 0 Å². The van der Waals surface area contributed by atoms with E-state index in [0.717, 1.165) is 22.7 Å². The Morgan fingerprint density at radius 2 is 1.96 bits per heavy atom. The lowest BCUT2D eigenvalue weighted by Gasteiger charge is -2.08. The molecule has 0 atom stereocenters. The molecule has 0 bridgehead atoms. The second kappa shape index (κ2) is 6.90. The fraction of sp³-hybridized carbons (Fsp3) is 0.167. The molecular formula is C18H17ClN2O3S. The minimum absolute atomic E-state index is 0.0682. The third-order valence-electron chi connectivity index (χ3n) is 3.97. The summed E-state index contributed by atoms with van der Waals surface area (Å²) in [5, 5.41) is 4.13. The first-order valence-electron chi connectivity index (χ1n) is 7.69. The average Bonchev–Trinajstić information content (AvgIpc) is 2.97. The highest BCUT2D eigenvalue weighted by molar-refractivity contribution is 7.90. The summed E-state index contributed by atoms with van der Waals surface area (Å²) in [6.07, 6.45) is 3.67. The highest BCUT2D eigenvalue weighted by Gasteiger charge is 2.15. The SMILES string of the molecule is CS(=O)(=O)c1ccc(Cl)c(C(=O)NCCc2c[nH]c3ccccc23)c1. The molecule has 7 heteroatoms. The van der Waals surface area contributed by atoms with Crippen LogP contribution in [0, 0.1) is 0 Å². The van der Waals surface area contributed by atoms with Crippen molar-refractivity contribution in [1.82, 2.24) is 10.3 Å². The van der Waals surface area contributed by atoms with Gasteiger partial charge in [-0.2, -0.15) is 0 Å². The Balaban J connectivity index is 1.71. The Kier molecular flexibility index (Phi) is 4.83. The summed E-state index contributed by atoms with van der Waals surface area (Å²) in [4.78, 5) is 15.6. The van der Waals surface area contributed by atoms with Crippen molar-refractivity contribution < 1.29 is 13.2 Å². The van der Waals surface area contributed by atoms with Gasteiger partial charge in [-0.15, -0.1) is 0 Å². The zero-order valence-electron chi connectivity index (χ0n) is 13.5. The van der Waals surface area contributed by atoms with Gasteiger partial charge in [0.1, 0.15) is 0 Å². The molecule has 0 fully saturated rings. The first-order chi connectivity index (χ1) is 11.9. The Hall–Kier alpha value is -2.31. The molecule has 0 radical (unpaired) electrons. The summed E-state index contributed by atoms with van der Waals surface area (Å²) in [5.74, 6) is -0.393. The van der Waals surface area contributed by atoms with Gasteiger partial charge in [0, 0.05) is 29.9 Å². The van der Waals surface area contributed by atoms with Crippen molar-refractivity contribution in [3.05, 3.63) is 64.8 Å². The quantitative estimate of drug-likeness (QED) is 0.717. The number of hydrogen-bond acceptors (Lipinski definition) is 3. The average molecular weight is 377 g/mol. The molecule has 3 aromatic rings. The molecule has 1 aromatic heterocycles. The van der Waals surface area contributed by atoms with E-state index in [1.807, 2.05) is 30.5 Å². The predicted molar refractivity (Wildman–Crippen MR) is 98.9 cm³/mol. The molecule has 2 N–H and O–H groups in total. The molecule has 0 unspecified atom stereocenters. The molecule has 0 aliphatic carbocycles. The summed E-state index contributed by atoms with van der Waals surface area (Å²) >= 11 is 6.04. The maximum absolute atomic E-state index is 12.3. The Morgan fingerprint density at radius 3 is 2.72 bits per heavy atom. The van der Waals surface area contributed by atoms with E-state index in [0.29, 0.717) is 13.0 Å². The van der Waals surface area contributed by atoms with Crippen LogP contribution in [0.4, 0.5) is 0 Å². The summed E-state index contributed by atoms with van der Waals surface area (Å²) in [6.45, 7) is 0.417. The lowest BCUT2D eigenvalue weighted by molar-refractivity contribution is 0.0954. The number of fused-ring (bicyclic) bond motifs is 1. The van der Waals surface area contributed by atoms with Crippen LogP contribution in [-0.2, 0) is 16.3 Å². The first kappa shape index (κ1) is 17.5. The number of H-pyrrole nitrogens is 1. The van der Waals surface area contributed by atoms with Gasteiger partial charge in [-0.25, -0.2) is 8.42 Å². The van der Waals surface area contributed by atoms with E-state index in [9.17, 15) is 13.2 Å². The van der Waals surface area contributed by atoms with Crippen molar-refractivity contribution >= 4 is 38.2 Å². The summed E-state index contributed by atoms with van der Waals surface area (Å²) in [5.41, 5.74) is 2.31. The van der Waals surface area contributed by atoms with Gasteiger partial charge in [0.25, 0.3) is 5.91 Å². The number of amides is 1. The lowest BCUT2D eigenvalue weighted by Crippen LogP contribution is -2.26. The van der Waals surface area contributed by atoms with Gasteiger partial charge < -0.3 is 10.3 Å². The highest BCUT2D eigenvalue weighted by Crippen LogP contribution is 2.21. The molecule has 5 nitrogen and oxygen atoms in total. The molecule has 25 heavy (non-hydrogen) atoms. The predicted octanol–water partition coefficient (Wildman–Crippen LogP) is 3.20. The van der Waals surface area contributed by atoms with E-state index >= 15 is 0 Å². The van der Waals surface area contributed by atoms with Gasteiger partial charge in [0.05, 0.1) is 15.5 Å². The van der Waals surface area contributed by atoms with Crippen LogP contribution in [0.2, 0.25) is 5.02 Å². The number of nitrogens with one attached hydrogen (secondary N) is 2. The van der Waals surface area contributed by atoms with Crippen molar-refractivity contribution in [3.8, 4) is 0 Å². The Bertz CT molecular complexity index is 1040. The number of carbonyl (C=O) groups is 1. The van der Waals surface area contributed by atoms with Crippen LogP contribution in [0.25, 0.3) is 10.9 Å². The normalized spacial score (nSPS) is 11.6. The van der Waals surface area contributed by atoms with Gasteiger partial charge in [-0.1, -0.05) is 29.8 Å². The van der Waals surface area contributed by atoms with Gasteiger partial charge in [0.15, 0.2) is 9.84 Å². The van der Waals surface area contributed by atoms with E-state index < -0.39 is 15.7 Å². The second-order valence-electron chi connectivity index (χ2n) is 5.78. The van der Waals surface area contributed by atoms with Crippen LogP contribution >= 0.6 is 11.6 Å². The van der Waals surface area contributed by atoms with E-state index in [4.69, 9.17) is 11.6 Å². The van der Waals surface area contributed by atoms with Gasteiger partial charge in [-0.3, -0.25) is 4.79 Å². The fourth-order valence-corrected chi connectivity index (χ4v) is 3.50. The number of hydrogen-bond donors (Lipinski definition) is 2. The number of carbonyl (C=O) groups excluding carboxylic acids is 1. The Morgan fingerprint density at radius 1 is 1.20 bits per heavy atom. The van der Waals surface area contributed by atoms with Crippen molar-refractivity contribution in [1.29, 1.82) is 0 Å². The first-order valence-corrected chi connectivity index (χ1v) is 9.96. The summed E-state index contributed by atoms with van der Waals surface area (Å²) in [7, 11) is -3.40. The molecule has 0 spiro atoms. The van der Waals surface area contributed by atoms with Crippen LogP contribution in [0.15, 0.2) is 53.6 Å². The minimum atomic E-state index is -3.40. The van der Waals surface area contributed by atoms with Gasteiger partial charge in [0.2, 0.25) is 0 Å². The number of halogens is 1. The van der Waals surface area contributed by atoms with Crippen LogP contribution < -0.4 is 5.32 Å². The van der Waals surface area contributed by atoms with Gasteiger partial charge in [-0.05, 0) is 36.2 Å². The largest absolute Gasteiger partial charge is 0.361 e. The Labute approximate surface area is 150 Å². The highest BCUT2D eigenvalue weighted by atomic mass is 35.5. The summed E-state index contributed by atoms with van der Waals surface area (Å²) in [6, 6.07) is 12.1. The number of para-hydroxylation sites is 1. The van der Waals surface area contributed by atoms with Crippen molar-refractivity contribution in [3.63, 3.8) is 0 Å². The maximum Gasteiger partial charge on any atom is 0.252 e. The topological polar surface area (TPSA) is 79.0 Å². The third-order valence-corrected chi connectivity index (χ3v) is 5.41. The maximum atomic E-state index is 12.3. The smallest absolute Gasteiger partial charge is 0.252 e. The monoisotopic (exact) mass is 376 g/mol. The van der Waals surface area contributed by atoms with Crippen molar-refractivity contribution in [2.75, 3.05) is 12.8 Å². The molecule has 0 aliphatic rings. The second-order valence-corrected chi connectivity index (χ2v) is 8.20. The standard InChI is InChI=1S/C18H17ClN2O3S/c1-25(23,24)13-6-7-16(19)15(10-13)18(22)20-9-8-12-11-21-17-5-3-2-4-14(12)17/h2-7,10-11,21H,8-9H2,1H3,(H,20,22). The number of aromatic amines is 1. The third kappa shape index (κ3) is 3.86. The van der Waals surface area contributed by atoms with Crippen LogP contribution in [-0.4, -0.2) is 32.1 Å². The number of benzene rings is 2. The summed E-state index contributed by atoms with van der Waals surface area (Å²) < 4.78 is 23.3. The van der Waals surface area contributed by atoms with E-state index in [1.165, 1.54) is 18.2 Å². The van der Waals surface area contributed by atoms with Crippen LogP contribution in [0.5, 0.6) is 0 Å². The lowest BCUT2D eigenvalue weighted by atomic mass is 10.1. The molecule has 2 aromatic carbocycles. The molecule has 1 heterocycles. The number of sulfone groups is 1. The molecule has 0 saturated heterocycles. The molecule has 0 saturated carbocycles. The van der Waals surface area contributed by atoms with E-state index in [-0.39, 0.29) is 15.5 Å². The van der Waals surface area contributed by atoms with Crippen LogP contribution in [0.1, 0.15) is 15.9 Å². The zero-order valence-corrected chi connectivity index (χ0v) is 15.1. The molecule has 1 amide bonds. The van der Waals surface area contributed by atoms with E-state index in [2.05, 4.69) is 10.3 Å². The molecule has 0 aliphatic heterocycles. The number of rotatable bonds is 5.